The Morgan fingerprint density at radius 2 is 0.934 bits per heavy atom. The summed E-state index contributed by atoms with van der Waals surface area (Å²) in [6.07, 6.45) is 34.7. The van der Waals surface area contributed by atoms with Gasteiger partial charge in [-0.05, 0) is 89.9 Å². The number of hydrogen-bond donors (Lipinski definition) is 6. The second kappa shape index (κ2) is 36.3. The lowest BCUT2D eigenvalue weighted by atomic mass is 9.85. The molecule has 0 aromatic heterocycles. The van der Waals surface area contributed by atoms with Crippen LogP contribution < -0.4 is 0 Å². The monoisotopic (exact) mass is 878 g/mol. The molecule has 14 heteroatoms. The molecule has 6 N–H and O–H groups in total. The molecular weight excluding hydrogens is 803 g/mol. The molecule has 0 saturated heterocycles. The SMILES string of the molecule is CC/C=C/C/C=C/C/C=C/C/C=C/C/C=C/CCCC(=O)O[C@H](COC(=O)CCCC/C=C/C/C=C/C/C=C/CCCCC)COP(=O)(O)OC1C(O)C(O)C(O)[C@H](O)C1O. The molecule has 0 aromatic rings. The Balaban J connectivity index is 2.57. The van der Waals surface area contributed by atoms with E-state index in [0.717, 1.165) is 64.2 Å². The summed E-state index contributed by atoms with van der Waals surface area (Å²) in [6, 6.07) is 0. The lowest BCUT2D eigenvalue weighted by Crippen LogP contribution is -2.64. The minimum atomic E-state index is -5.15. The van der Waals surface area contributed by atoms with Crippen molar-refractivity contribution in [1.29, 1.82) is 0 Å². The zero-order chi connectivity index (χ0) is 45.0. The van der Waals surface area contributed by atoms with E-state index in [-0.39, 0.29) is 12.8 Å². The van der Waals surface area contributed by atoms with Crippen LogP contribution in [0.5, 0.6) is 0 Å². The molecule has 0 amide bonds. The molecule has 0 heterocycles. The molecule has 0 aliphatic heterocycles. The molecule has 8 atom stereocenters. The van der Waals surface area contributed by atoms with Crippen molar-refractivity contribution in [3.63, 3.8) is 0 Å². The van der Waals surface area contributed by atoms with Crippen LogP contribution in [0.1, 0.15) is 129 Å². The number of aliphatic hydroxyl groups excluding tert-OH is 5. The third-order valence-corrected chi connectivity index (χ3v) is 10.4. The number of phosphoric acid groups is 1. The van der Waals surface area contributed by atoms with Gasteiger partial charge in [-0.3, -0.25) is 18.6 Å². The van der Waals surface area contributed by atoms with Gasteiger partial charge in [0, 0.05) is 12.8 Å². The topological polar surface area (TPSA) is 210 Å². The largest absolute Gasteiger partial charge is 0.472 e. The standard InChI is InChI=1S/C47H75O13P/c1-3-5-7-9-11-13-15-17-19-20-22-24-26-28-30-32-34-36-41(49)59-39(38-58-61(55,56)60-47-45(53)43(51)42(50)44(52)46(47)54)37-57-40(48)35-33-31-29-27-25-23-21-18-16-14-12-10-8-6-4-2/h5,7,11-14,17-19,21-22,24-25,27-28,30,39,42-47,50-54H,3-4,6,8-10,15-16,20,23,26,29,31-38H2,1-2H3,(H,55,56)/b7-5+,13-11+,14-12+,19-17+,21-18+,24-22+,27-25+,30-28+/t39-,42?,43+,44?,45?,46?,47?/m1/s1. The van der Waals surface area contributed by atoms with E-state index < -0.39 is 75.7 Å². The van der Waals surface area contributed by atoms with E-state index in [0.29, 0.717) is 19.3 Å². The highest BCUT2D eigenvalue weighted by molar-refractivity contribution is 7.47. The maximum Gasteiger partial charge on any atom is 0.472 e. The van der Waals surface area contributed by atoms with Crippen molar-refractivity contribution in [1.82, 2.24) is 0 Å². The van der Waals surface area contributed by atoms with Crippen molar-refractivity contribution in [3.05, 3.63) is 97.2 Å². The zero-order valence-corrected chi connectivity index (χ0v) is 37.3. The van der Waals surface area contributed by atoms with Crippen LogP contribution in [0.3, 0.4) is 0 Å². The zero-order valence-electron chi connectivity index (χ0n) is 36.4. The molecule has 1 rings (SSSR count). The highest BCUT2D eigenvalue weighted by atomic mass is 31.2. The molecule has 0 spiro atoms. The summed E-state index contributed by atoms with van der Waals surface area (Å²) in [4.78, 5) is 35.6. The first-order valence-corrected chi connectivity index (χ1v) is 23.5. The minimum absolute atomic E-state index is 0.00406. The second-order valence-corrected chi connectivity index (χ2v) is 16.2. The van der Waals surface area contributed by atoms with Crippen molar-refractivity contribution < 1.29 is 63.1 Å². The van der Waals surface area contributed by atoms with Crippen LogP contribution in [-0.2, 0) is 32.7 Å². The minimum Gasteiger partial charge on any atom is -0.462 e. The summed E-state index contributed by atoms with van der Waals surface area (Å²) in [5.74, 6) is -1.22. The van der Waals surface area contributed by atoms with Crippen LogP contribution in [0, 0.1) is 0 Å². The fraction of sp³-hybridized carbons (Fsp3) is 0.617. The number of rotatable bonds is 34. The number of aliphatic hydroxyl groups is 5. The Kier molecular flexibility index (Phi) is 33.2. The van der Waals surface area contributed by atoms with Gasteiger partial charge in [0.25, 0.3) is 0 Å². The molecule has 1 saturated carbocycles. The van der Waals surface area contributed by atoms with Crippen molar-refractivity contribution in [2.24, 2.45) is 0 Å². The van der Waals surface area contributed by atoms with E-state index >= 15 is 0 Å². The maximum atomic E-state index is 12.8. The highest BCUT2D eigenvalue weighted by Gasteiger charge is 2.51. The summed E-state index contributed by atoms with van der Waals surface area (Å²) in [7, 11) is -5.15. The predicted molar refractivity (Wildman–Crippen MR) is 239 cm³/mol. The van der Waals surface area contributed by atoms with E-state index in [1.807, 2.05) is 12.2 Å². The summed E-state index contributed by atoms with van der Waals surface area (Å²) < 4.78 is 33.4. The number of hydrogen-bond acceptors (Lipinski definition) is 12. The Hall–Kier alpha value is -3.23. The molecule has 6 unspecified atom stereocenters. The third kappa shape index (κ3) is 28.9. The number of carbonyl (C=O) groups excluding carboxylic acids is 2. The molecule has 1 aliphatic carbocycles. The molecule has 0 aromatic carbocycles. The van der Waals surface area contributed by atoms with Gasteiger partial charge in [0.15, 0.2) is 6.10 Å². The number of allylic oxidation sites excluding steroid dienone is 16. The van der Waals surface area contributed by atoms with Gasteiger partial charge in [-0.25, -0.2) is 4.57 Å². The van der Waals surface area contributed by atoms with E-state index in [1.165, 1.54) is 19.3 Å². The fourth-order valence-electron chi connectivity index (χ4n) is 5.86. The van der Waals surface area contributed by atoms with E-state index in [4.69, 9.17) is 18.5 Å². The average Bonchev–Trinajstić information content (AvgIpc) is 3.24. The van der Waals surface area contributed by atoms with Crippen molar-refractivity contribution in [2.45, 2.75) is 172 Å². The first kappa shape index (κ1) is 55.8. The fourth-order valence-corrected chi connectivity index (χ4v) is 6.83. The van der Waals surface area contributed by atoms with E-state index in [2.05, 4.69) is 98.9 Å². The smallest absolute Gasteiger partial charge is 0.462 e. The van der Waals surface area contributed by atoms with Crippen LogP contribution in [0.4, 0.5) is 0 Å². The number of phosphoric ester groups is 1. The van der Waals surface area contributed by atoms with Gasteiger partial charge in [-0.1, -0.05) is 124 Å². The molecule has 61 heavy (non-hydrogen) atoms. The van der Waals surface area contributed by atoms with Crippen molar-refractivity contribution in [3.8, 4) is 0 Å². The molecule has 0 bridgehead atoms. The van der Waals surface area contributed by atoms with Crippen LogP contribution >= 0.6 is 7.82 Å². The predicted octanol–water partition coefficient (Wildman–Crippen LogP) is 8.27. The van der Waals surface area contributed by atoms with Crippen LogP contribution in [-0.4, -0.2) is 98.3 Å². The maximum absolute atomic E-state index is 12.8. The molecule has 1 fully saturated rings. The Morgan fingerprint density at radius 1 is 0.525 bits per heavy atom. The molecule has 1 aliphatic rings. The lowest BCUT2D eigenvalue weighted by molar-refractivity contribution is -0.220. The van der Waals surface area contributed by atoms with E-state index in [1.54, 1.807) is 0 Å². The summed E-state index contributed by atoms with van der Waals surface area (Å²) in [6.45, 7) is 3.05. The molecule has 346 valence electrons. The van der Waals surface area contributed by atoms with Gasteiger partial charge in [0.05, 0.1) is 6.61 Å². The normalized spacial score (nSPS) is 23.0. The van der Waals surface area contributed by atoms with Crippen LogP contribution in [0.2, 0.25) is 0 Å². The number of unbranched alkanes of at least 4 members (excludes halogenated alkanes) is 6. The van der Waals surface area contributed by atoms with Crippen molar-refractivity contribution in [2.75, 3.05) is 13.2 Å². The first-order valence-electron chi connectivity index (χ1n) is 22.0. The molecule has 0 radical (unpaired) electrons. The number of carbonyl (C=O) groups is 2. The van der Waals surface area contributed by atoms with Gasteiger partial charge in [-0.2, -0.15) is 0 Å². The summed E-state index contributed by atoms with van der Waals surface area (Å²) in [5.41, 5.74) is 0. The summed E-state index contributed by atoms with van der Waals surface area (Å²) in [5, 5.41) is 50.1. The summed E-state index contributed by atoms with van der Waals surface area (Å²) >= 11 is 0. The number of ether oxygens (including phenoxy) is 2. The Bertz CT molecular complexity index is 1430. The lowest BCUT2D eigenvalue weighted by Gasteiger charge is -2.41. The Morgan fingerprint density at radius 3 is 1.41 bits per heavy atom. The highest BCUT2D eigenvalue weighted by Crippen LogP contribution is 2.47. The van der Waals surface area contributed by atoms with Gasteiger partial charge in [0.2, 0.25) is 0 Å². The average molecular weight is 879 g/mol. The third-order valence-electron chi connectivity index (χ3n) is 9.41. The van der Waals surface area contributed by atoms with Crippen LogP contribution in [0.25, 0.3) is 0 Å². The second-order valence-electron chi connectivity index (χ2n) is 14.8. The van der Waals surface area contributed by atoms with Crippen LogP contribution in [0.15, 0.2) is 97.2 Å². The molecular formula is C47H75O13P. The van der Waals surface area contributed by atoms with Crippen molar-refractivity contribution >= 4 is 19.8 Å². The van der Waals surface area contributed by atoms with Gasteiger partial charge in [-0.15, -0.1) is 0 Å². The quantitative estimate of drug-likeness (QED) is 0.0156. The number of esters is 2. The van der Waals surface area contributed by atoms with Gasteiger partial charge < -0.3 is 39.9 Å². The molecule has 13 nitrogen and oxygen atoms in total. The van der Waals surface area contributed by atoms with Gasteiger partial charge in [0.1, 0.15) is 43.2 Å². The van der Waals surface area contributed by atoms with E-state index in [9.17, 15) is 44.6 Å². The van der Waals surface area contributed by atoms with Gasteiger partial charge >= 0.3 is 19.8 Å². The first-order chi connectivity index (χ1) is 29.4. The Labute approximate surface area is 364 Å².